The summed E-state index contributed by atoms with van der Waals surface area (Å²) in [6.07, 6.45) is 3.18. The highest BCUT2D eigenvalue weighted by Gasteiger charge is 2.28. The molecule has 6 nitrogen and oxygen atoms in total. The van der Waals surface area contributed by atoms with E-state index in [1.165, 1.54) is 0 Å². The highest BCUT2D eigenvalue weighted by molar-refractivity contribution is 7.89. The van der Waals surface area contributed by atoms with Crippen molar-refractivity contribution >= 4 is 27.3 Å². The van der Waals surface area contributed by atoms with Gasteiger partial charge in [0.05, 0.1) is 0 Å². The van der Waals surface area contributed by atoms with Crippen molar-refractivity contribution in [3.8, 4) is 0 Å². The maximum atomic E-state index is 12.4. The van der Waals surface area contributed by atoms with E-state index in [2.05, 4.69) is 9.62 Å². The van der Waals surface area contributed by atoms with Crippen LogP contribution in [0.1, 0.15) is 34.5 Å². The minimum Gasteiger partial charge on any atom is -0.477 e. The molecule has 2 N–H and O–H groups in total. The van der Waals surface area contributed by atoms with Gasteiger partial charge in [-0.1, -0.05) is 6.42 Å². The third-order valence-corrected chi connectivity index (χ3v) is 6.64. The molecule has 0 spiro atoms. The van der Waals surface area contributed by atoms with E-state index in [0.717, 1.165) is 37.1 Å². The molecule has 2 heterocycles. The van der Waals surface area contributed by atoms with E-state index in [-0.39, 0.29) is 15.8 Å². The van der Waals surface area contributed by atoms with Crippen LogP contribution in [0, 0.1) is 6.92 Å². The molecule has 1 aliphatic heterocycles. The van der Waals surface area contributed by atoms with E-state index >= 15 is 0 Å². The lowest BCUT2D eigenvalue weighted by Crippen LogP contribution is -2.44. The van der Waals surface area contributed by atoms with E-state index in [1.807, 2.05) is 7.05 Å². The summed E-state index contributed by atoms with van der Waals surface area (Å²) in [6, 6.07) is 0.167. The summed E-state index contributed by atoms with van der Waals surface area (Å²) in [5.41, 5.74) is 0.474. The Bertz CT molecular complexity index is 624. The molecule has 1 saturated heterocycles. The van der Waals surface area contributed by atoms with Crippen molar-refractivity contribution in [1.29, 1.82) is 0 Å². The second kappa shape index (κ2) is 6.43. The maximum absolute atomic E-state index is 12.4. The molecule has 1 atom stereocenters. The zero-order chi connectivity index (χ0) is 15.6. The number of carbonyl (C=O) groups is 1. The van der Waals surface area contributed by atoms with Crippen LogP contribution in [-0.2, 0) is 10.0 Å². The first-order valence-electron chi connectivity index (χ1n) is 6.84. The van der Waals surface area contributed by atoms with E-state index in [4.69, 9.17) is 5.11 Å². The van der Waals surface area contributed by atoms with Gasteiger partial charge < -0.3 is 10.0 Å². The van der Waals surface area contributed by atoms with Gasteiger partial charge in [0.25, 0.3) is 0 Å². The zero-order valence-electron chi connectivity index (χ0n) is 12.1. The molecular formula is C13H20N2O4S2. The quantitative estimate of drug-likeness (QED) is 0.854. The maximum Gasteiger partial charge on any atom is 0.347 e. The molecule has 1 fully saturated rings. The SMILES string of the molecule is Cc1csc(C(=O)O)c1S(=O)(=O)NCC1CCCCN1C. The first-order chi connectivity index (χ1) is 9.83. The summed E-state index contributed by atoms with van der Waals surface area (Å²) in [4.78, 5) is 13.1. The van der Waals surface area contributed by atoms with Crippen molar-refractivity contribution < 1.29 is 18.3 Å². The third-order valence-electron chi connectivity index (χ3n) is 3.81. The Kier molecular flexibility index (Phi) is 5.03. The molecule has 0 radical (unpaired) electrons. The van der Waals surface area contributed by atoms with Crippen LogP contribution in [0.5, 0.6) is 0 Å². The Morgan fingerprint density at radius 3 is 2.86 bits per heavy atom. The Morgan fingerprint density at radius 1 is 1.52 bits per heavy atom. The molecule has 2 rings (SSSR count). The fraction of sp³-hybridized carbons (Fsp3) is 0.615. The largest absolute Gasteiger partial charge is 0.477 e. The van der Waals surface area contributed by atoms with Gasteiger partial charge in [-0.05, 0) is 44.3 Å². The van der Waals surface area contributed by atoms with E-state index in [1.54, 1.807) is 12.3 Å². The molecule has 8 heteroatoms. The standard InChI is InChI=1S/C13H20N2O4S2/c1-9-8-20-11(13(16)17)12(9)21(18,19)14-7-10-5-3-4-6-15(10)2/h8,10,14H,3-7H2,1-2H3,(H,16,17). The second-order valence-corrected chi connectivity index (χ2v) is 7.95. The molecule has 118 valence electrons. The van der Waals surface area contributed by atoms with Crippen molar-refractivity contribution in [3.05, 3.63) is 15.8 Å². The first kappa shape index (κ1) is 16.4. The summed E-state index contributed by atoms with van der Waals surface area (Å²) < 4.78 is 27.4. The number of nitrogens with one attached hydrogen (secondary N) is 1. The molecular weight excluding hydrogens is 312 g/mol. The predicted octanol–water partition coefficient (Wildman–Crippen LogP) is 1.52. The third kappa shape index (κ3) is 3.63. The minimum atomic E-state index is -3.79. The van der Waals surface area contributed by atoms with Crippen LogP contribution < -0.4 is 4.72 Å². The normalized spacial score (nSPS) is 20.6. The van der Waals surface area contributed by atoms with Gasteiger partial charge in [-0.25, -0.2) is 17.9 Å². The van der Waals surface area contributed by atoms with Crippen molar-refractivity contribution in [1.82, 2.24) is 9.62 Å². The summed E-state index contributed by atoms with van der Waals surface area (Å²) in [6.45, 7) is 2.89. The molecule has 1 aromatic heterocycles. The van der Waals surface area contributed by atoms with Crippen molar-refractivity contribution in [2.45, 2.75) is 37.1 Å². The van der Waals surface area contributed by atoms with E-state index < -0.39 is 16.0 Å². The van der Waals surface area contributed by atoms with Crippen LogP contribution in [0.4, 0.5) is 0 Å². The molecule has 0 amide bonds. The molecule has 1 aliphatic rings. The average molecular weight is 332 g/mol. The number of sulfonamides is 1. The second-order valence-electron chi connectivity index (χ2n) is 5.36. The van der Waals surface area contributed by atoms with Gasteiger partial charge in [0.15, 0.2) is 0 Å². The number of thiophene rings is 1. The number of aromatic carboxylic acids is 1. The Hall–Kier alpha value is -0.960. The molecule has 0 aromatic carbocycles. The van der Waals surface area contributed by atoms with Crippen molar-refractivity contribution in [2.75, 3.05) is 20.1 Å². The monoisotopic (exact) mass is 332 g/mol. The molecule has 21 heavy (non-hydrogen) atoms. The number of carboxylic acids is 1. The van der Waals surface area contributed by atoms with Gasteiger partial charge in [0, 0.05) is 12.6 Å². The molecule has 0 bridgehead atoms. The van der Waals surface area contributed by atoms with Gasteiger partial charge in [0.2, 0.25) is 10.0 Å². The van der Waals surface area contributed by atoms with Crippen LogP contribution in [-0.4, -0.2) is 50.6 Å². The molecule has 0 saturated carbocycles. The topological polar surface area (TPSA) is 86.7 Å². The van der Waals surface area contributed by atoms with Gasteiger partial charge in [-0.15, -0.1) is 11.3 Å². The summed E-state index contributed by atoms with van der Waals surface area (Å²) in [7, 11) is -1.81. The van der Waals surface area contributed by atoms with Crippen molar-refractivity contribution in [3.63, 3.8) is 0 Å². The van der Waals surface area contributed by atoms with E-state index in [9.17, 15) is 13.2 Å². The Labute approximate surface area is 128 Å². The lowest BCUT2D eigenvalue weighted by Gasteiger charge is -2.32. The molecule has 0 aliphatic carbocycles. The fourth-order valence-electron chi connectivity index (χ4n) is 2.60. The summed E-state index contributed by atoms with van der Waals surface area (Å²) in [5, 5.41) is 10.7. The van der Waals surface area contributed by atoms with E-state index in [0.29, 0.717) is 12.1 Å². The number of aryl methyl sites for hydroxylation is 1. The van der Waals surface area contributed by atoms with Crippen LogP contribution >= 0.6 is 11.3 Å². The van der Waals surface area contributed by atoms with Crippen LogP contribution in [0.2, 0.25) is 0 Å². The smallest absolute Gasteiger partial charge is 0.347 e. The average Bonchev–Trinajstić information content (AvgIpc) is 2.81. The predicted molar refractivity (Wildman–Crippen MR) is 81.5 cm³/mol. The van der Waals surface area contributed by atoms with Gasteiger partial charge in [-0.3, -0.25) is 0 Å². The number of likely N-dealkylation sites (tertiary alicyclic amines) is 1. The summed E-state index contributed by atoms with van der Waals surface area (Å²) >= 11 is 0.944. The zero-order valence-corrected chi connectivity index (χ0v) is 13.8. The Balaban J connectivity index is 2.15. The van der Waals surface area contributed by atoms with Crippen LogP contribution in [0.25, 0.3) is 0 Å². The van der Waals surface area contributed by atoms with Crippen LogP contribution in [0.3, 0.4) is 0 Å². The first-order valence-corrected chi connectivity index (χ1v) is 9.20. The van der Waals surface area contributed by atoms with Gasteiger partial charge in [-0.2, -0.15) is 0 Å². The molecule has 1 unspecified atom stereocenters. The minimum absolute atomic E-state index is 0.0986. The Morgan fingerprint density at radius 2 is 2.24 bits per heavy atom. The lowest BCUT2D eigenvalue weighted by atomic mass is 10.0. The fourth-order valence-corrected chi connectivity index (χ4v) is 5.29. The van der Waals surface area contributed by atoms with Crippen molar-refractivity contribution in [2.24, 2.45) is 0 Å². The number of hydrogen-bond acceptors (Lipinski definition) is 5. The number of rotatable bonds is 5. The highest BCUT2D eigenvalue weighted by atomic mass is 32.2. The van der Waals surface area contributed by atoms with Crippen LogP contribution in [0.15, 0.2) is 10.3 Å². The number of likely N-dealkylation sites (N-methyl/N-ethyl adjacent to an activating group) is 1. The highest BCUT2D eigenvalue weighted by Crippen LogP contribution is 2.27. The van der Waals surface area contributed by atoms with Gasteiger partial charge in [0.1, 0.15) is 9.77 Å². The summed E-state index contributed by atoms with van der Waals surface area (Å²) in [5.74, 6) is -1.21. The number of hydrogen-bond donors (Lipinski definition) is 2. The van der Waals surface area contributed by atoms with Gasteiger partial charge >= 0.3 is 5.97 Å². The number of nitrogens with zero attached hydrogens (tertiary/aromatic N) is 1. The molecule has 1 aromatic rings. The number of piperidine rings is 1. The lowest BCUT2D eigenvalue weighted by molar-refractivity contribution is 0.0698. The number of carboxylic acid groups (broad SMARTS) is 1.